The summed E-state index contributed by atoms with van der Waals surface area (Å²) < 4.78 is 1.94. The Hall–Kier alpha value is -1.16. The van der Waals surface area contributed by atoms with E-state index in [0.29, 0.717) is 6.04 Å². The molecule has 2 rings (SSSR count). The minimum Gasteiger partial charge on any atom is -0.295 e. The molecule has 0 spiro atoms. The van der Waals surface area contributed by atoms with Crippen LogP contribution in [0.5, 0.6) is 0 Å². The molecular formula is C12H20N4. The van der Waals surface area contributed by atoms with Crippen molar-refractivity contribution in [2.45, 2.75) is 39.3 Å². The molecule has 16 heavy (non-hydrogen) atoms. The molecule has 1 unspecified atom stereocenters. The van der Waals surface area contributed by atoms with E-state index in [1.54, 1.807) is 12.7 Å². The molecule has 1 atom stereocenters. The molecule has 0 radical (unpaired) electrons. The van der Waals surface area contributed by atoms with Gasteiger partial charge in [-0.25, -0.2) is 4.98 Å². The van der Waals surface area contributed by atoms with Gasteiger partial charge < -0.3 is 0 Å². The number of rotatable bonds is 4. The van der Waals surface area contributed by atoms with E-state index in [4.69, 9.17) is 0 Å². The predicted molar refractivity (Wildman–Crippen MR) is 64.0 cm³/mol. The molecule has 0 aromatic carbocycles. The summed E-state index contributed by atoms with van der Waals surface area (Å²) in [4.78, 5) is 6.52. The van der Waals surface area contributed by atoms with Crippen molar-refractivity contribution in [2.75, 3.05) is 13.1 Å². The lowest BCUT2D eigenvalue weighted by molar-refractivity contribution is 0.249. The lowest BCUT2D eigenvalue weighted by Crippen LogP contribution is -2.33. The number of hydrogen-bond donors (Lipinski definition) is 0. The molecule has 0 N–H and O–H groups in total. The summed E-state index contributed by atoms with van der Waals surface area (Å²) in [7, 11) is 0. The van der Waals surface area contributed by atoms with Crippen molar-refractivity contribution in [3.05, 3.63) is 24.3 Å². The zero-order chi connectivity index (χ0) is 11.4. The normalized spacial score (nSPS) is 21.2. The van der Waals surface area contributed by atoms with Gasteiger partial charge in [0.05, 0.1) is 6.54 Å². The highest BCUT2D eigenvalue weighted by atomic mass is 15.3. The van der Waals surface area contributed by atoms with Crippen molar-refractivity contribution >= 4 is 0 Å². The van der Waals surface area contributed by atoms with Gasteiger partial charge in [-0.2, -0.15) is 5.10 Å². The number of allylic oxidation sites excluding steroid dienone is 1. The van der Waals surface area contributed by atoms with Gasteiger partial charge >= 0.3 is 0 Å². The van der Waals surface area contributed by atoms with E-state index in [9.17, 15) is 0 Å². The summed E-state index contributed by atoms with van der Waals surface area (Å²) in [5.41, 5.74) is 1.39. The van der Waals surface area contributed by atoms with Gasteiger partial charge in [-0.05, 0) is 33.2 Å². The zero-order valence-electron chi connectivity index (χ0n) is 10.1. The average molecular weight is 220 g/mol. The van der Waals surface area contributed by atoms with E-state index in [-0.39, 0.29) is 0 Å². The van der Waals surface area contributed by atoms with Crippen LogP contribution in [-0.2, 0) is 6.54 Å². The van der Waals surface area contributed by atoms with Crippen LogP contribution in [0.1, 0.15) is 26.7 Å². The number of likely N-dealkylation sites (tertiary alicyclic amines) is 1. The van der Waals surface area contributed by atoms with Crippen LogP contribution >= 0.6 is 0 Å². The van der Waals surface area contributed by atoms with Gasteiger partial charge in [0.25, 0.3) is 0 Å². The summed E-state index contributed by atoms with van der Waals surface area (Å²) in [6.45, 7) is 7.56. The zero-order valence-corrected chi connectivity index (χ0v) is 10.1. The molecule has 4 nitrogen and oxygen atoms in total. The van der Waals surface area contributed by atoms with Gasteiger partial charge in [0.2, 0.25) is 0 Å². The fourth-order valence-electron chi connectivity index (χ4n) is 2.19. The Morgan fingerprint density at radius 2 is 2.38 bits per heavy atom. The maximum Gasteiger partial charge on any atom is 0.137 e. The van der Waals surface area contributed by atoms with Crippen molar-refractivity contribution in [3.8, 4) is 0 Å². The summed E-state index contributed by atoms with van der Waals surface area (Å²) in [6.07, 6.45) is 8.29. The van der Waals surface area contributed by atoms with Crippen LogP contribution in [0.25, 0.3) is 0 Å². The van der Waals surface area contributed by atoms with Crippen LogP contribution in [0.15, 0.2) is 24.3 Å². The third-order valence-electron chi connectivity index (χ3n) is 3.10. The molecule has 1 aliphatic rings. The molecule has 1 aromatic rings. The van der Waals surface area contributed by atoms with Crippen molar-refractivity contribution in [1.29, 1.82) is 0 Å². The number of aromatic nitrogens is 3. The van der Waals surface area contributed by atoms with Crippen molar-refractivity contribution < 1.29 is 0 Å². The van der Waals surface area contributed by atoms with Crippen LogP contribution in [0.4, 0.5) is 0 Å². The molecule has 1 aromatic heterocycles. The molecule has 88 valence electrons. The fraction of sp³-hybridized carbons (Fsp3) is 0.667. The van der Waals surface area contributed by atoms with Crippen LogP contribution in [0.2, 0.25) is 0 Å². The van der Waals surface area contributed by atoms with Crippen molar-refractivity contribution in [1.82, 2.24) is 19.7 Å². The van der Waals surface area contributed by atoms with Gasteiger partial charge in [0.1, 0.15) is 12.7 Å². The third kappa shape index (κ3) is 2.92. The van der Waals surface area contributed by atoms with Crippen LogP contribution < -0.4 is 0 Å². The highest BCUT2D eigenvalue weighted by molar-refractivity contribution is 4.96. The summed E-state index contributed by atoms with van der Waals surface area (Å²) in [6, 6.07) is 0.622. The van der Waals surface area contributed by atoms with Crippen LogP contribution in [0.3, 0.4) is 0 Å². The first-order valence-electron chi connectivity index (χ1n) is 5.95. The first-order chi connectivity index (χ1) is 7.75. The Morgan fingerprint density at radius 1 is 1.50 bits per heavy atom. The molecule has 0 amide bonds. The monoisotopic (exact) mass is 220 g/mol. The SMILES string of the molecule is CC(C)=CCN1CCCC1Cn1cncn1. The molecule has 1 fully saturated rings. The second-order valence-electron chi connectivity index (χ2n) is 4.69. The highest BCUT2D eigenvalue weighted by Gasteiger charge is 2.23. The van der Waals surface area contributed by atoms with E-state index in [0.717, 1.165) is 13.1 Å². The Balaban J connectivity index is 1.90. The largest absolute Gasteiger partial charge is 0.295 e. The molecule has 1 saturated heterocycles. The third-order valence-corrected chi connectivity index (χ3v) is 3.10. The topological polar surface area (TPSA) is 34.0 Å². The molecule has 4 heteroatoms. The highest BCUT2D eigenvalue weighted by Crippen LogP contribution is 2.18. The summed E-state index contributed by atoms with van der Waals surface area (Å²) in [5.74, 6) is 0. The maximum atomic E-state index is 4.17. The van der Waals surface area contributed by atoms with Crippen LogP contribution in [-0.4, -0.2) is 38.8 Å². The molecule has 2 heterocycles. The standard InChI is InChI=1S/C12H20N4/c1-11(2)5-7-15-6-3-4-12(15)8-16-10-13-9-14-16/h5,9-10,12H,3-4,6-8H2,1-2H3. The molecular weight excluding hydrogens is 200 g/mol. The fourth-order valence-corrected chi connectivity index (χ4v) is 2.19. The van der Waals surface area contributed by atoms with Crippen molar-refractivity contribution in [2.24, 2.45) is 0 Å². The van der Waals surface area contributed by atoms with Gasteiger partial charge in [0, 0.05) is 12.6 Å². The summed E-state index contributed by atoms with van der Waals surface area (Å²) in [5, 5.41) is 4.17. The van der Waals surface area contributed by atoms with E-state index in [2.05, 4.69) is 34.9 Å². The van der Waals surface area contributed by atoms with Gasteiger partial charge in [-0.3, -0.25) is 9.58 Å². The first-order valence-corrected chi connectivity index (χ1v) is 5.95. The molecule has 1 aliphatic heterocycles. The minimum absolute atomic E-state index is 0.622. The van der Waals surface area contributed by atoms with Gasteiger partial charge in [-0.15, -0.1) is 0 Å². The molecule has 0 aliphatic carbocycles. The number of nitrogens with zero attached hydrogens (tertiary/aromatic N) is 4. The minimum atomic E-state index is 0.622. The first kappa shape index (κ1) is 11.3. The lowest BCUT2D eigenvalue weighted by atomic mass is 10.2. The van der Waals surface area contributed by atoms with E-state index >= 15 is 0 Å². The smallest absolute Gasteiger partial charge is 0.137 e. The van der Waals surface area contributed by atoms with Gasteiger partial charge in [0.15, 0.2) is 0 Å². The Bertz CT molecular complexity index is 338. The Kier molecular flexibility index (Phi) is 3.72. The molecule has 0 saturated carbocycles. The predicted octanol–water partition coefficient (Wildman–Crippen LogP) is 1.71. The Morgan fingerprint density at radius 3 is 3.06 bits per heavy atom. The lowest BCUT2D eigenvalue weighted by Gasteiger charge is -2.22. The second kappa shape index (κ2) is 5.25. The Labute approximate surface area is 97.0 Å². The quantitative estimate of drug-likeness (QED) is 0.724. The average Bonchev–Trinajstić information content (AvgIpc) is 2.87. The van der Waals surface area contributed by atoms with E-state index in [1.807, 2.05) is 4.68 Å². The molecule has 0 bridgehead atoms. The van der Waals surface area contributed by atoms with Gasteiger partial charge in [-0.1, -0.05) is 11.6 Å². The maximum absolute atomic E-state index is 4.17. The summed E-state index contributed by atoms with van der Waals surface area (Å²) >= 11 is 0. The second-order valence-corrected chi connectivity index (χ2v) is 4.69. The van der Waals surface area contributed by atoms with Crippen LogP contribution in [0, 0.1) is 0 Å². The van der Waals surface area contributed by atoms with E-state index in [1.165, 1.54) is 25.0 Å². The van der Waals surface area contributed by atoms with Crippen molar-refractivity contribution in [3.63, 3.8) is 0 Å². The van der Waals surface area contributed by atoms with E-state index < -0.39 is 0 Å². The number of hydrogen-bond acceptors (Lipinski definition) is 3.